The standard InChI is InChI=1S/C9H21BO2Si/c1-6-13-7-10-11-8(2,3)9(4,5)12-10/h6-7,13H2,1-5H3. The van der Waals surface area contributed by atoms with Gasteiger partial charge in [-0.15, -0.1) is 0 Å². The van der Waals surface area contributed by atoms with Crippen molar-refractivity contribution in [2.45, 2.75) is 57.8 Å². The second-order valence-electron chi connectivity index (χ2n) is 4.83. The minimum atomic E-state index is -0.139. The van der Waals surface area contributed by atoms with E-state index in [1.54, 1.807) is 0 Å². The first-order chi connectivity index (χ1) is 5.89. The number of hydrogen-bond acceptors (Lipinski definition) is 2. The van der Waals surface area contributed by atoms with Crippen LogP contribution in [0.15, 0.2) is 0 Å². The van der Waals surface area contributed by atoms with Crippen LogP contribution in [-0.4, -0.2) is 27.8 Å². The van der Waals surface area contributed by atoms with Crippen LogP contribution in [0.1, 0.15) is 34.6 Å². The van der Waals surface area contributed by atoms with Gasteiger partial charge in [0.05, 0.1) is 11.2 Å². The molecule has 1 aliphatic heterocycles. The van der Waals surface area contributed by atoms with Crippen molar-refractivity contribution in [3.8, 4) is 0 Å². The summed E-state index contributed by atoms with van der Waals surface area (Å²) < 4.78 is 11.8. The molecule has 0 unspecified atom stereocenters. The minimum absolute atomic E-state index is 0.0450. The van der Waals surface area contributed by atoms with Crippen molar-refractivity contribution in [3.05, 3.63) is 0 Å². The Morgan fingerprint density at radius 2 is 1.54 bits per heavy atom. The highest BCUT2D eigenvalue weighted by molar-refractivity contribution is 6.61. The largest absolute Gasteiger partial charge is 0.454 e. The molecule has 13 heavy (non-hydrogen) atoms. The van der Waals surface area contributed by atoms with E-state index in [2.05, 4.69) is 34.6 Å². The normalized spacial score (nSPS) is 26.1. The zero-order valence-electron chi connectivity index (χ0n) is 9.52. The third-order valence-corrected chi connectivity index (χ3v) is 4.68. The van der Waals surface area contributed by atoms with Gasteiger partial charge in [0, 0.05) is 9.52 Å². The van der Waals surface area contributed by atoms with Gasteiger partial charge in [0.1, 0.15) is 0 Å². The van der Waals surface area contributed by atoms with Gasteiger partial charge in [-0.1, -0.05) is 13.0 Å². The van der Waals surface area contributed by atoms with Gasteiger partial charge < -0.3 is 9.31 Å². The summed E-state index contributed by atoms with van der Waals surface area (Å²) in [4.78, 5) is 0. The molecule has 4 heteroatoms. The monoisotopic (exact) mass is 200 g/mol. The van der Waals surface area contributed by atoms with E-state index in [1.807, 2.05) is 0 Å². The molecule has 0 atom stereocenters. The van der Waals surface area contributed by atoms with Crippen LogP contribution in [0.25, 0.3) is 0 Å². The van der Waals surface area contributed by atoms with E-state index >= 15 is 0 Å². The summed E-state index contributed by atoms with van der Waals surface area (Å²) >= 11 is 0. The van der Waals surface area contributed by atoms with Crippen LogP contribution >= 0.6 is 0 Å². The van der Waals surface area contributed by atoms with Crippen molar-refractivity contribution in [2.24, 2.45) is 0 Å². The van der Waals surface area contributed by atoms with Gasteiger partial charge in [-0.3, -0.25) is 0 Å². The van der Waals surface area contributed by atoms with Crippen molar-refractivity contribution in [1.29, 1.82) is 0 Å². The fourth-order valence-electron chi connectivity index (χ4n) is 1.45. The zero-order valence-corrected chi connectivity index (χ0v) is 10.9. The second kappa shape index (κ2) is 3.75. The van der Waals surface area contributed by atoms with Gasteiger partial charge in [0.25, 0.3) is 0 Å². The predicted molar refractivity (Wildman–Crippen MR) is 59.9 cm³/mol. The maximum absolute atomic E-state index is 5.88. The molecule has 1 rings (SSSR count). The molecule has 76 valence electrons. The molecule has 0 bridgehead atoms. The average molecular weight is 200 g/mol. The Kier molecular flexibility index (Phi) is 3.25. The topological polar surface area (TPSA) is 18.5 Å². The molecule has 0 aliphatic carbocycles. The smallest absolute Gasteiger partial charge is 0.403 e. The zero-order chi connectivity index (χ0) is 10.1. The molecule has 0 spiro atoms. The Bertz CT molecular complexity index is 166. The maximum atomic E-state index is 5.88. The maximum Gasteiger partial charge on any atom is 0.454 e. The van der Waals surface area contributed by atoms with Crippen LogP contribution < -0.4 is 0 Å². The molecule has 0 saturated carbocycles. The molecule has 0 amide bonds. The molecule has 1 saturated heterocycles. The molecular weight excluding hydrogens is 179 g/mol. The average Bonchev–Trinajstić information content (AvgIpc) is 2.17. The van der Waals surface area contributed by atoms with E-state index in [9.17, 15) is 0 Å². The van der Waals surface area contributed by atoms with Gasteiger partial charge in [-0.25, -0.2) is 0 Å². The van der Waals surface area contributed by atoms with Crippen LogP contribution in [0.2, 0.25) is 12.0 Å². The second-order valence-corrected chi connectivity index (χ2v) is 7.11. The predicted octanol–water partition coefficient (Wildman–Crippen LogP) is 1.64. The quantitative estimate of drug-likeness (QED) is 0.645. The highest BCUT2D eigenvalue weighted by Gasteiger charge is 2.50. The van der Waals surface area contributed by atoms with Crippen molar-refractivity contribution in [3.63, 3.8) is 0 Å². The summed E-state index contributed by atoms with van der Waals surface area (Å²) in [7, 11) is 0.111. The van der Waals surface area contributed by atoms with Crippen molar-refractivity contribution in [2.75, 3.05) is 0 Å². The molecule has 1 heterocycles. The highest BCUT2D eigenvalue weighted by Crippen LogP contribution is 2.37. The Labute approximate surface area is 84.3 Å². The number of hydrogen-bond donors (Lipinski definition) is 0. The van der Waals surface area contributed by atoms with Crippen molar-refractivity contribution >= 4 is 16.6 Å². The lowest BCUT2D eigenvalue weighted by molar-refractivity contribution is 0.00578. The molecule has 1 aliphatic rings. The Morgan fingerprint density at radius 3 is 1.92 bits per heavy atom. The fraction of sp³-hybridized carbons (Fsp3) is 1.00. The van der Waals surface area contributed by atoms with Gasteiger partial charge in [0.15, 0.2) is 0 Å². The lowest BCUT2D eigenvalue weighted by atomic mass is 9.90. The molecular formula is C9H21BO2Si. The van der Waals surface area contributed by atoms with Crippen LogP contribution in [0.5, 0.6) is 0 Å². The Morgan fingerprint density at radius 1 is 1.08 bits per heavy atom. The van der Waals surface area contributed by atoms with Crippen LogP contribution in [0.3, 0.4) is 0 Å². The summed E-state index contributed by atoms with van der Waals surface area (Å²) in [5.74, 6) is 1.16. The molecule has 0 aromatic rings. The minimum Gasteiger partial charge on any atom is -0.403 e. The van der Waals surface area contributed by atoms with Crippen molar-refractivity contribution < 1.29 is 9.31 Å². The summed E-state index contributed by atoms with van der Waals surface area (Å²) in [6.45, 7) is 10.7. The van der Waals surface area contributed by atoms with Crippen LogP contribution in [-0.2, 0) is 9.31 Å². The van der Waals surface area contributed by atoms with Gasteiger partial charge in [0.2, 0.25) is 0 Å². The molecule has 0 radical (unpaired) electrons. The summed E-state index contributed by atoms with van der Waals surface area (Å²) in [5.41, 5.74) is -0.278. The Balaban J connectivity index is 2.50. The summed E-state index contributed by atoms with van der Waals surface area (Å²) in [6, 6.07) is 1.34. The molecule has 2 nitrogen and oxygen atoms in total. The molecule has 0 aromatic carbocycles. The van der Waals surface area contributed by atoms with Gasteiger partial charge in [-0.2, -0.15) is 0 Å². The first kappa shape index (κ1) is 11.3. The van der Waals surface area contributed by atoms with Gasteiger partial charge in [-0.05, 0) is 33.6 Å². The summed E-state index contributed by atoms with van der Waals surface area (Å²) in [6.07, 6.45) is 0. The fourth-order valence-corrected chi connectivity index (χ4v) is 2.43. The van der Waals surface area contributed by atoms with Crippen LogP contribution in [0, 0.1) is 0 Å². The van der Waals surface area contributed by atoms with E-state index in [1.165, 1.54) is 6.04 Å². The van der Waals surface area contributed by atoms with Crippen LogP contribution in [0.4, 0.5) is 0 Å². The van der Waals surface area contributed by atoms with Gasteiger partial charge >= 0.3 is 7.12 Å². The SMILES string of the molecule is CC[SiH2]CB1OC(C)(C)C(C)(C)O1. The van der Waals surface area contributed by atoms with E-state index in [0.29, 0.717) is 0 Å². The van der Waals surface area contributed by atoms with E-state index in [-0.39, 0.29) is 27.8 Å². The first-order valence-electron chi connectivity index (χ1n) is 5.25. The summed E-state index contributed by atoms with van der Waals surface area (Å²) in [5, 5.41) is 0. The van der Waals surface area contributed by atoms with Crippen molar-refractivity contribution in [1.82, 2.24) is 0 Å². The lowest BCUT2D eigenvalue weighted by Crippen LogP contribution is -2.41. The Hall–Kier alpha value is 0.202. The molecule has 0 aromatic heterocycles. The first-order valence-corrected chi connectivity index (χ1v) is 7.25. The third-order valence-electron chi connectivity index (χ3n) is 3.10. The lowest BCUT2D eigenvalue weighted by Gasteiger charge is -2.32. The van der Waals surface area contributed by atoms with E-state index in [0.717, 1.165) is 5.94 Å². The van der Waals surface area contributed by atoms with E-state index in [4.69, 9.17) is 9.31 Å². The molecule has 1 fully saturated rings. The number of rotatable bonds is 3. The third kappa shape index (κ3) is 2.36. The van der Waals surface area contributed by atoms with E-state index < -0.39 is 0 Å². The highest BCUT2D eigenvalue weighted by atomic mass is 28.2. The molecule has 0 N–H and O–H groups in total.